The first kappa shape index (κ1) is 26.2. The molecular weight excluding hydrogens is 410 g/mol. The van der Waals surface area contributed by atoms with Crippen LogP contribution in [-0.2, 0) is 14.3 Å². The number of rotatable bonds is 8. The van der Waals surface area contributed by atoms with Gasteiger partial charge in [-0.2, -0.15) is 5.26 Å². The fourth-order valence-electron chi connectivity index (χ4n) is 8.36. The molecule has 3 aliphatic carbocycles. The van der Waals surface area contributed by atoms with Crippen LogP contribution in [0.4, 0.5) is 0 Å². The number of ether oxygens (including phenoxy) is 1. The van der Waals surface area contributed by atoms with Crippen LogP contribution in [-0.4, -0.2) is 17.9 Å². The van der Waals surface area contributed by atoms with E-state index in [-0.39, 0.29) is 29.2 Å². The molecule has 0 heterocycles. The van der Waals surface area contributed by atoms with Crippen molar-refractivity contribution in [2.24, 2.45) is 46.3 Å². The van der Waals surface area contributed by atoms with Gasteiger partial charge in [0.2, 0.25) is 0 Å². The number of fused-ring (bicyclic) bond motifs is 1. The lowest BCUT2D eigenvalue weighted by Crippen LogP contribution is -2.51. The van der Waals surface area contributed by atoms with Crippen molar-refractivity contribution in [2.75, 3.05) is 0 Å². The number of carbonyl (C=O) groups is 2. The first-order chi connectivity index (χ1) is 15.5. The molecular formula is C29H47NO3. The van der Waals surface area contributed by atoms with Gasteiger partial charge in [0.05, 0.1) is 6.07 Å². The van der Waals surface area contributed by atoms with Gasteiger partial charge in [0, 0.05) is 25.2 Å². The first-order valence-electron chi connectivity index (χ1n) is 13.6. The monoisotopic (exact) mass is 457 g/mol. The third-order valence-corrected chi connectivity index (χ3v) is 10.2. The average Bonchev–Trinajstić information content (AvgIpc) is 3.08. The predicted molar refractivity (Wildman–Crippen MR) is 131 cm³/mol. The van der Waals surface area contributed by atoms with E-state index in [2.05, 4.69) is 40.7 Å². The third-order valence-electron chi connectivity index (χ3n) is 10.2. The van der Waals surface area contributed by atoms with Gasteiger partial charge in [-0.1, -0.05) is 53.9 Å². The smallest absolute Gasteiger partial charge is 0.302 e. The first-order valence-corrected chi connectivity index (χ1v) is 13.6. The van der Waals surface area contributed by atoms with Gasteiger partial charge >= 0.3 is 5.97 Å². The second-order valence-corrected chi connectivity index (χ2v) is 12.6. The number of Topliss-reactive ketones (excluding diaryl/α,β-unsaturated/α-hetero) is 1. The summed E-state index contributed by atoms with van der Waals surface area (Å²) in [7, 11) is 0. The fraction of sp³-hybridized carbons (Fsp3) is 0.897. The summed E-state index contributed by atoms with van der Waals surface area (Å²) in [4.78, 5) is 24.8. The zero-order chi connectivity index (χ0) is 24.4. The molecule has 3 fully saturated rings. The number of esters is 1. The molecule has 0 aliphatic heterocycles. The van der Waals surface area contributed by atoms with E-state index < -0.39 is 0 Å². The molecule has 4 nitrogen and oxygen atoms in total. The Bertz CT molecular complexity index is 754. The number of nitrogens with zero attached hydrogens (tertiary/aromatic N) is 1. The SMILES string of the molecule is CC(=O)O[C@H]1CC[C@](C)([C@H]2CC[C@]3(C)[C@@H]([C@H](C)CCCC(C)C)CC[C@H]3[C@@H]2CC#N)C(=O)C1. The lowest BCUT2D eigenvalue weighted by Gasteiger charge is -2.54. The van der Waals surface area contributed by atoms with Crippen LogP contribution < -0.4 is 0 Å². The molecule has 0 amide bonds. The second kappa shape index (κ2) is 10.5. The van der Waals surface area contributed by atoms with Crippen molar-refractivity contribution in [2.45, 2.75) is 118 Å². The van der Waals surface area contributed by atoms with E-state index in [1.807, 2.05) is 0 Å². The molecule has 0 aromatic carbocycles. The van der Waals surface area contributed by atoms with Crippen LogP contribution in [0.3, 0.4) is 0 Å². The molecule has 3 aliphatic rings. The highest BCUT2D eigenvalue weighted by Gasteiger charge is 2.59. The molecule has 3 rings (SSSR count). The lowest BCUT2D eigenvalue weighted by atomic mass is 9.49. The van der Waals surface area contributed by atoms with Crippen LogP contribution in [0.5, 0.6) is 0 Å². The summed E-state index contributed by atoms with van der Waals surface area (Å²) in [6.07, 6.45) is 10.8. The zero-order valence-electron chi connectivity index (χ0n) is 22.0. The molecule has 0 spiro atoms. The van der Waals surface area contributed by atoms with Gasteiger partial charge in [-0.3, -0.25) is 9.59 Å². The number of carbonyl (C=O) groups excluding carboxylic acids is 2. The van der Waals surface area contributed by atoms with Crippen LogP contribution in [0.1, 0.15) is 112 Å². The van der Waals surface area contributed by atoms with E-state index in [0.717, 1.165) is 37.0 Å². The molecule has 186 valence electrons. The number of ketones is 1. The van der Waals surface area contributed by atoms with Crippen molar-refractivity contribution < 1.29 is 14.3 Å². The molecule has 0 aromatic rings. The minimum Gasteiger partial charge on any atom is -0.462 e. The minimum absolute atomic E-state index is 0.244. The van der Waals surface area contributed by atoms with Gasteiger partial charge in [-0.05, 0) is 79.4 Å². The quantitative estimate of drug-likeness (QED) is 0.364. The Kier molecular flexibility index (Phi) is 8.34. The van der Waals surface area contributed by atoms with Crippen molar-refractivity contribution in [3.05, 3.63) is 0 Å². The maximum Gasteiger partial charge on any atom is 0.302 e. The third kappa shape index (κ3) is 5.33. The normalized spacial score (nSPS) is 39.7. The van der Waals surface area contributed by atoms with E-state index in [9.17, 15) is 14.9 Å². The summed E-state index contributed by atoms with van der Waals surface area (Å²) in [5, 5.41) is 9.78. The standard InChI is InChI=1S/C29H47NO3/c1-19(2)8-7-9-20(3)24-10-11-25-23(14-17-30)26(13-16-28(24,25)5)29(6)15-12-22(18-27(29)32)33-21(4)31/h19-20,22-26H,7-16,18H2,1-6H3/t20-,22+,23+,24-,25+,26+,28-,29-/m1/s1. The Morgan fingerprint density at radius 3 is 2.42 bits per heavy atom. The van der Waals surface area contributed by atoms with E-state index in [1.165, 1.54) is 45.4 Å². The zero-order valence-corrected chi connectivity index (χ0v) is 22.0. The van der Waals surface area contributed by atoms with Gasteiger partial charge in [0.15, 0.2) is 0 Å². The summed E-state index contributed by atoms with van der Waals surface area (Å²) in [5.74, 6) is 3.31. The Hall–Kier alpha value is -1.37. The van der Waals surface area contributed by atoms with E-state index >= 15 is 0 Å². The molecule has 0 radical (unpaired) electrons. The Balaban J connectivity index is 1.75. The number of nitriles is 1. The summed E-state index contributed by atoms with van der Waals surface area (Å²) < 4.78 is 5.38. The van der Waals surface area contributed by atoms with E-state index in [0.29, 0.717) is 30.1 Å². The highest BCUT2D eigenvalue weighted by atomic mass is 16.5. The van der Waals surface area contributed by atoms with Crippen molar-refractivity contribution in [1.82, 2.24) is 0 Å². The largest absolute Gasteiger partial charge is 0.462 e. The van der Waals surface area contributed by atoms with E-state index in [1.54, 1.807) is 0 Å². The molecule has 0 aromatic heterocycles. The molecule has 0 unspecified atom stereocenters. The Labute approximate surface area is 202 Å². The van der Waals surface area contributed by atoms with Gasteiger partial charge < -0.3 is 4.74 Å². The van der Waals surface area contributed by atoms with Crippen molar-refractivity contribution in [3.8, 4) is 6.07 Å². The maximum absolute atomic E-state index is 13.4. The van der Waals surface area contributed by atoms with Gasteiger partial charge in [-0.15, -0.1) is 0 Å². The van der Waals surface area contributed by atoms with Gasteiger partial charge in [-0.25, -0.2) is 0 Å². The molecule has 0 bridgehead atoms. The molecule has 33 heavy (non-hydrogen) atoms. The van der Waals surface area contributed by atoms with Gasteiger partial charge in [0.1, 0.15) is 11.9 Å². The Morgan fingerprint density at radius 1 is 1.09 bits per heavy atom. The molecule has 3 saturated carbocycles. The molecule has 8 atom stereocenters. The summed E-state index contributed by atoms with van der Waals surface area (Å²) in [6, 6.07) is 2.51. The van der Waals surface area contributed by atoms with Crippen LogP contribution in [0.15, 0.2) is 0 Å². The topological polar surface area (TPSA) is 67.2 Å². The lowest BCUT2D eigenvalue weighted by molar-refractivity contribution is -0.157. The van der Waals surface area contributed by atoms with Crippen molar-refractivity contribution >= 4 is 11.8 Å². The van der Waals surface area contributed by atoms with Crippen LogP contribution in [0.2, 0.25) is 0 Å². The molecule has 4 heteroatoms. The van der Waals surface area contributed by atoms with Gasteiger partial charge in [0.25, 0.3) is 0 Å². The van der Waals surface area contributed by atoms with Crippen LogP contribution in [0.25, 0.3) is 0 Å². The second-order valence-electron chi connectivity index (χ2n) is 12.6. The predicted octanol–water partition coefficient (Wildman–Crippen LogP) is 7.11. The summed E-state index contributed by atoms with van der Waals surface area (Å²) in [5.41, 5.74) is -0.0932. The maximum atomic E-state index is 13.4. The fourth-order valence-corrected chi connectivity index (χ4v) is 8.36. The highest BCUT2D eigenvalue weighted by molar-refractivity contribution is 5.86. The molecule has 0 saturated heterocycles. The molecule has 0 N–H and O–H groups in total. The van der Waals surface area contributed by atoms with Crippen LogP contribution >= 0.6 is 0 Å². The Morgan fingerprint density at radius 2 is 1.82 bits per heavy atom. The average molecular weight is 458 g/mol. The summed E-state index contributed by atoms with van der Waals surface area (Å²) >= 11 is 0. The minimum atomic E-state index is -0.388. The van der Waals surface area contributed by atoms with Crippen molar-refractivity contribution in [3.63, 3.8) is 0 Å². The number of hydrogen-bond donors (Lipinski definition) is 0. The van der Waals surface area contributed by atoms with Crippen molar-refractivity contribution in [1.29, 1.82) is 5.26 Å². The summed E-state index contributed by atoms with van der Waals surface area (Å²) in [6.45, 7) is 13.2. The van der Waals surface area contributed by atoms with Crippen LogP contribution in [0, 0.1) is 57.7 Å². The van der Waals surface area contributed by atoms with E-state index in [4.69, 9.17) is 4.74 Å². The number of hydrogen-bond acceptors (Lipinski definition) is 4. The highest BCUT2D eigenvalue weighted by Crippen LogP contribution is 2.64.